The Morgan fingerprint density at radius 3 is 2.54 bits per heavy atom. The zero-order valence-electron chi connectivity index (χ0n) is 15.1. The number of nitrogens with one attached hydrogen (secondary N) is 1. The number of carbonyl (C=O) groups excluding carboxylic acids is 1. The van der Waals surface area contributed by atoms with E-state index in [0.29, 0.717) is 16.6 Å². The molecule has 2 aromatic heterocycles. The number of hydrogen-bond donors (Lipinski definition) is 5. The van der Waals surface area contributed by atoms with Crippen molar-refractivity contribution < 1.29 is 24.9 Å². The molecule has 1 amide bonds. The molecule has 0 fully saturated rings. The van der Waals surface area contributed by atoms with Crippen molar-refractivity contribution in [3.63, 3.8) is 0 Å². The van der Waals surface area contributed by atoms with Crippen LogP contribution in [-0.4, -0.2) is 68.0 Å². The molecule has 0 spiro atoms. The van der Waals surface area contributed by atoms with Crippen LogP contribution in [0.1, 0.15) is 10.5 Å². The van der Waals surface area contributed by atoms with Crippen molar-refractivity contribution in [2.75, 3.05) is 20.2 Å². The van der Waals surface area contributed by atoms with Gasteiger partial charge in [-0.15, -0.1) is 24.0 Å². The molecule has 28 heavy (non-hydrogen) atoms. The number of imidazole rings is 1. The van der Waals surface area contributed by atoms with Crippen LogP contribution in [0, 0.1) is 0 Å². The number of rotatable bonds is 6. The van der Waals surface area contributed by atoms with E-state index >= 15 is 0 Å². The third-order valence-corrected chi connectivity index (χ3v) is 3.63. The van der Waals surface area contributed by atoms with Crippen molar-refractivity contribution in [2.45, 2.75) is 12.6 Å². The fourth-order valence-electron chi connectivity index (χ4n) is 2.53. The SMILES string of the molecule is CNCC(=O)O.I.NC(=O)c1nc2ccccc2c2c1ncn2CC(O)CO. The number of primary amides is 1. The van der Waals surface area contributed by atoms with Crippen LogP contribution in [0.4, 0.5) is 0 Å². The third kappa shape index (κ3) is 5.58. The lowest BCUT2D eigenvalue weighted by Gasteiger charge is -2.11. The molecule has 0 saturated heterocycles. The molecule has 3 rings (SSSR count). The van der Waals surface area contributed by atoms with E-state index in [1.807, 2.05) is 18.2 Å². The predicted molar refractivity (Wildman–Crippen MR) is 114 cm³/mol. The van der Waals surface area contributed by atoms with Crippen LogP contribution in [0.5, 0.6) is 0 Å². The van der Waals surface area contributed by atoms with Gasteiger partial charge in [-0.2, -0.15) is 0 Å². The number of carbonyl (C=O) groups is 2. The van der Waals surface area contributed by atoms with Crippen molar-refractivity contribution in [3.8, 4) is 0 Å². The molecule has 0 saturated carbocycles. The normalized spacial score (nSPS) is 11.4. The molecular formula is C17H22IN5O5. The van der Waals surface area contributed by atoms with E-state index in [1.54, 1.807) is 17.7 Å². The maximum absolute atomic E-state index is 11.6. The molecule has 11 heteroatoms. The summed E-state index contributed by atoms with van der Waals surface area (Å²) in [6.45, 7) is -0.148. The Labute approximate surface area is 177 Å². The number of carboxylic acids is 1. The predicted octanol–water partition coefficient (Wildman–Crippen LogP) is -0.0550. The van der Waals surface area contributed by atoms with E-state index in [4.69, 9.17) is 15.9 Å². The van der Waals surface area contributed by atoms with Gasteiger partial charge in [-0.3, -0.25) is 9.59 Å². The standard InChI is InChI=1S/C14H14N4O3.C3H7NO2.HI/c15-14(21)12-11-13(9-3-1-2-4-10(9)17-12)18(7-16-11)5-8(20)6-19;1-4-2-3(5)6;/h1-4,7-8,19-20H,5-6H2,(H2,15,21);4H,2H2,1H3,(H,5,6);1H. The molecule has 0 aliphatic rings. The van der Waals surface area contributed by atoms with Crippen LogP contribution in [-0.2, 0) is 11.3 Å². The van der Waals surface area contributed by atoms with Gasteiger partial charge in [0.2, 0.25) is 0 Å². The molecule has 0 aliphatic carbocycles. The summed E-state index contributed by atoms with van der Waals surface area (Å²) in [6, 6.07) is 7.31. The van der Waals surface area contributed by atoms with E-state index < -0.39 is 18.0 Å². The number of nitrogens with zero attached hydrogens (tertiary/aromatic N) is 3. The lowest BCUT2D eigenvalue weighted by Crippen LogP contribution is -2.19. The molecule has 152 valence electrons. The van der Waals surface area contributed by atoms with Gasteiger partial charge in [-0.1, -0.05) is 18.2 Å². The highest BCUT2D eigenvalue weighted by atomic mass is 127. The molecule has 0 bridgehead atoms. The van der Waals surface area contributed by atoms with Gasteiger partial charge in [0.15, 0.2) is 5.69 Å². The summed E-state index contributed by atoms with van der Waals surface area (Å²) in [7, 11) is 1.59. The number of aliphatic carboxylic acids is 1. The zero-order chi connectivity index (χ0) is 20.0. The number of fused-ring (bicyclic) bond motifs is 3. The van der Waals surface area contributed by atoms with Gasteiger partial charge >= 0.3 is 5.97 Å². The quantitative estimate of drug-likeness (QED) is 0.292. The minimum atomic E-state index is -0.911. The maximum atomic E-state index is 11.6. The van der Waals surface area contributed by atoms with Gasteiger partial charge in [-0.25, -0.2) is 9.97 Å². The Morgan fingerprint density at radius 2 is 2.00 bits per heavy atom. The number of aliphatic hydroxyl groups excluding tert-OH is 2. The lowest BCUT2D eigenvalue weighted by molar-refractivity contribution is -0.135. The zero-order valence-corrected chi connectivity index (χ0v) is 17.4. The molecule has 2 heterocycles. The number of likely N-dealkylation sites (N-methyl/N-ethyl adjacent to an activating group) is 1. The Bertz CT molecular complexity index is 962. The second-order valence-electron chi connectivity index (χ2n) is 5.70. The first kappa shape index (κ1) is 23.7. The number of halogens is 1. The first-order chi connectivity index (χ1) is 12.9. The second kappa shape index (κ2) is 10.8. The van der Waals surface area contributed by atoms with Crippen molar-refractivity contribution in [1.82, 2.24) is 19.9 Å². The number of amides is 1. The monoisotopic (exact) mass is 503 g/mol. The summed E-state index contributed by atoms with van der Waals surface area (Å²) < 4.78 is 1.69. The molecule has 0 radical (unpaired) electrons. The largest absolute Gasteiger partial charge is 0.480 e. The molecule has 1 atom stereocenters. The average Bonchev–Trinajstić information content (AvgIpc) is 3.05. The van der Waals surface area contributed by atoms with Crippen LogP contribution >= 0.6 is 24.0 Å². The summed E-state index contributed by atoms with van der Waals surface area (Å²) in [5.74, 6) is -1.48. The van der Waals surface area contributed by atoms with Gasteiger partial charge in [0.25, 0.3) is 5.91 Å². The van der Waals surface area contributed by atoms with Gasteiger partial charge < -0.3 is 30.9 Å². The van der Waals surface area contributed by atoms with E-state index in [-0.39, 0.29) is 49.4 Å². The molecule has 1 aromatic carbocycles. The molecule has 3 aromatic rings. The highest BCUT2D eigenvalue weighted by Gasteiger charge is 2.18. The summed E-state index contributed by atoms with van der Waals surface area (Å²) in [4.78, 5) is 29.5. The highest BCUT2D eigenvalue weighted by molar-refractivity contribution is 14.0. The number of aromatic nitrogens is 3. The number of aliphatic hydroxyl groups is 2. The van der Waals surface area contributed by atoms with Crippen LogP contribution in [0.15, 0.2) is 30.6 Å². The molecule has 0 aliphatic heterocycles. The number of pyridine rings is 1. The Hall–Kier alpha value is -2.35. The van der Waals surface area contributed by atoms with Gasteiger partial charge in [-0.05, 0) is 13.1 Å². The summed E-state index contributed by atoms with van der Waals surface area (Å²) in [6.07, 6.45) is 0.593. The van der Waals surface area contributed by atoms with Crippen LogP contribution < -0.4 is 11.1 Å². The lowest BCUT2D eigenvalue weighted by atomic mass is 10.1. The minimum absolute atomic E-state index is 0. The minimum Gasteiger partial charge on any atom is -0.480 e. The Morgan fingerprint density at radius 1 is 1.32 bits per heavy atom. The van der Waals surface area contributed by atoms with Crippen LogP contribution in [0.2, 0.25) is 0 Å². The van der Waals surface area contributed by atoms with E-state index in [2.05, 4.69) is 15.3 Å². The summed E-state index contributed by atoms with van der Waals surface area (Å²) >= 11 is 0. The highest BCUT2D eigenvalue weighted by Crippen LogP contribution is 2.25. The molecule has 10 nitrogen and oxygen atoms in total. The maximum Gasteiger partial charge on any atom is 0.317 e. The topological polar surface area (TPSA) is 164 Å². The fourth-order valence-corrected chi connectivity index (χ4v) is 2.53. The van der Waals surface area contributed by atoms with Crippen molar-refractivity contribution in [2.24, 2.45) is 5.73 Å². The van der Waals surface area contributed by atoms with Crippen molar-refractivity contribution in [1.29, 1.82) is 0 Å². The first-order valence-electron chi connectivity index (χ1n) is 8.07. The number of carboxylic acid groups (broad SMARTS) is 1. The van der Waals surface area contributed by atoms with E-state index in [1.165, 1.54) is 6.33 Å². The van der Waals surface area contributed by atoms with Crippen LogP contribution in [0.3, 0.4) is 0 Å². The molecular weight excluding hydrogens is 481 g/mol. The van der Waals surface area contributed by atoms with Gasteiger partial charge in [0, 0.05) is 5.39 Å². The van der Waals surface area contributed by atoms with Crippen LogP contribution in [0.25, 0.3) is 21.9 Å². The Kier molecular flexibility index (Phi) is 9.18. The van der Waals surface area contributed by atoms with E-state index in [0.717, 1.165) is 5.39 Å². The number of hydrogen-bond acceptors (Lipinski definition) is 7. The second-order valence-corrected chi connectivity index (χ2v) is 5.70. The average molecular weight is 503 g/mol. The molecule has 6 N–H and O–H groups in total. The number of nitrogens with two attached hydrogens (primary N) is 1. The number of para-hydroxylation sites is 1. The molecule has 1 unspecified atom stereocenters. The number of benzene rings is 1. The summed E-state index contributed by atoms with van der Waals surface area (Å²) in [5.41, 5.74) is 7.15. The fraction of sp³-hybridized carbons (Fsp3) is 0.294. The van der Waals surface area contributed by atoms with Crippen molar-refractivity contribution in [3.05, 3.63) is 36.3 Å². The van der Waals surface area contributed by atoms with Gasteiger partial charge in [0.05, 0.1) is 43.2 Å². The summed E-state index contributed by atoms with van der Waals surface area (Å²) in [5, 5.41) is 29.7. The smallest absolute Gasteiger partial charge is 0.317 e. The third-order valence-electron chi connectivity index (χ3n) is 3.63. The van der Waals surface area contributed by atoms with Crippen molar-refractivity contribution >= 4 is 57.8 Å². The van der Waals surface area contributed by atoms with E-state index in [9.17, 15) is 14.7 Å². The first-order valence-corrected chi connectivity index (χ1v) is 8.07. The van der Waals surface area contributed by atoms with Gasteiger partial charge in [0.1, 0.15) is 5.52 Å². The Balaban J connectivity index is 0.000000492.